The van der Waals surface area contributed by atoms with Gasteiger partial charge in [-0.2, -0.15) is 13.2 Å². The highest BCUT2D eigenvalue weighted by molar-refractivity contribution is 5.81. The molecule has 0 unspecified atom stereocenters. The molecule has 6 nitrogen and oxygen atoms in total. The minimum absolute atomic E-state index is 0.121. The summed E-state index contributed by atoms with van der Waals surface area (Å²) in [5.41, 5.74) is 0.220. The van der Waals surface area contributed by atoms with Crippen LogP contribution in [0.25, 0.3) is 0 Å². The van der Waals surface area contributed by atoms with E-state index in [1.54, 1.807) is 0 Å². The summed E-state index contributed by atoms with van der Waals surface area (Å²) >= 11 is 0. The third-order valence-electron chi connectivity index (χ3n) is 6.60. The molecule has 2 aromatic rings. The first-order valence-corrected chi connectivity index (χ1v) is 12.0. The molecule has 190 valence electrons. The number of rotatable bonds is 8. The average Bonchev–Trinajstić information content (AvgIpc) is 3.53. The zero-order chi connectivity index (χ0) is 25.4. The molecule has 1 atom stereocenters. The molecule has 0 spiro atoms. The van der Waals surface area contributed by atoms with Gasteiger partial charge in [0.05, 0.1) is 5.56 Å². The Balaban J connectivity index is 1.47. The first-order valence-electron chi connectivity index (χ1n) is 12.0. The molecule has 35 heavy (non-hydrogen) atoms. The molecule has 0 radical (unpaired) electrons. The maximum atomic E-state index is 13.0. The fourth-order valence-corrected chi connectivity index (χ4v) is 4.77. The van der Waals surface area contributed by atoms with Gasteiger partial charge in [0, 0.05) is 51.3 Å². The highest BCUT2D eigenvalue weighted by Gasteiger charge is 2.53. The van der Waals surface area contributed by atoms with E-state index in [0.29, 0.717) is 43.4 Å². The molecule has 1 aromatic carbocycles. The van der Waals surface area contributed by atoms with Crippen LogP contribution < -0.4 is 9.64 Å². The number of benzene rings is 1. The van der Waals surface area contributed by atoms with Crippen molar-refractivity contribution in [1.29, 1.82) is 0 Å². The van der Waals surface area contributed by atoms with Crippen LogP contribution in [0.15, 0.2) is 36.5 Å². The van der Waals surface area contributed by atoms with Gasteiger partial charge in [0.15, 0.2) is 0 Å². The number of aryl methyl sites for hydroxylation is 1. The molecular weight excluding hydrogens is 459 g/mol. The number of halogens is 3. The second-order valence-corrected chi connectivity index (χ2v) is 10.2. The van der Waals surface area contributed by atoms with Crippen molar-refractivity contribution >= 4 is 11.8 Å². The second kappa shape index (κ2) is 9.68. The summed E-state index contributed by atoms with van der Waals surface area (Å²) in [6.07, 6.45) is -1.57. The Labute approximate surface area is 203 Å². The molecule has 2 heterocycles. The summed E-state index contributed by atoms with van der Waals surface area (Å²) in [4.78, 5) is 20.1. The Bertz CT molecular complexity index is 1050. The molecule has 1 N–H and O–H groups in total. The zero-order valence-electron chi connectivity index (χ0n) is 20.3. The number of nitrogens with zero attached hydrogens (tertiary/aromatic N) is 3. The van der Waals surface area contributed by atoms with Crippen molar-refractivity contribution < 1.29 is 27.8 Å². The van der Waals surface area contributed by atoms with Crippen LogP contribution in [0, 0.1) is 12.8 Å². The lowest BCUT2D eigenvalue weighted by Gasteiger charge is -2.43. The van der Waals surface area contributed by atoms with Gasteiger partial charge in [-0.25, -0.2) is 9.78 Å². The van der Waals surface area contributed by atoms with Gasteiger partial charge in [0.25, 0.3) is 0 Å². The number of ether oxygens (including phenoxy) is 1. The number of alkyl halides is 3. The fourth-order valence-electron chi connectivity index (χ4n) is 4.77. The van der Waals surface area contributed by atoms with Crippen LogP contribution in [0.4, 0.5) is 19.0 Å². The van der Waals surface area contributed by atoms with Gasteiger partial charge in [-0.15, -0.1) is 0 Å². The molecular formula is C26H32F3N3O3. The molecule has 2 aliphatic rings. The number of carbonyl (C=O) groups is 1. The summed E-state index contributed by atoms with van der Waals surface area (Å²) in [6.45, 7) is 9.07. The number of anilines is 1. The van der Waals surface area contributed by atoms with E-state index in [4.69, 9.17) is 4.74 Å². The van der Waals surface area contributed by atoms with E-state index in [-0.39, 0.29) is 6.04 Å². The number of aromatic nitrogens is 1. The second-order valence-electron chi connectivity index (χ2n) is 10.2. The van der Waals surface area contributed by atoms with E-state index in [2.05, 4.69) is 34.7 Å². The molecule has 4 rings (SSSR count). The maximum absolute atomic E-state index is 13.0. The van der Waals surface area contributed by atoms with Crippen molar-refractivity contribution in [3.63, 3.8) is 0 Å². The molecule has 1 aromatic heterocycles. The third kappa shape index (κ3) is 6.07. The molecule has 2 fully saturated rings. The third-order valence-corrected chi connectivity index (χ3v) is 6.60. The summed E-state index contributed by atoms with van der Waals surface area (Å²) in [5, 5.41) is 9.44. The quantitative estimate of drug-likeness (QED) is 0.552. The predicted molar refractivity (Wildman–Crippen MR) is 127 cm³/mol. The molecule has 1 aliphatic carbocycles. The van der Waals surface area contributed by atoms with Gasteiger partial charge in [0.2, 0.25) is 5.60 Å². The molecule has 1 saturated carbocycles. The summed E-state index contributed by atoms with van der Waals surface area (Å²) in [6, 6.07) is 8.54. The van der Waals surface area contributed by atoms with Crippen LogP contribution in [0.5, 0.6) is 5.75 Å². The van der Waals surface area contributed by atoms with Crippen molar-refractivity contribution in [3.8, 4) is 5.75 Å². The SMILES string of the molecule is Cc1cc(CN2CCN(c3ccc(C(F)(F)F)cn3)[C@H](CC(C)C)C2)cc(OC2(C(=O)O)CC2)c1. The van der Waals surface area contributed by atoms with E-state index in [1.165, 1.54) is 6.07 Å². The van der Waals surface area contributed by atoms with E-state index in [9.17, 15) is 23.1 Å². The Morgan fingerprint density at radius 1 is 1.23 bits per heavy atom. The molecule has 9 heteroatoms. The predicted octanol–water partition coefficient (Wildman–Crippen LogP) is 5.14. The first kappa shape index (κ1) is 25.3. The molecule has 1 saturated heterocycles. The Kier molecular flexibility index (Phi) is 6.99. The van der Waals surface area contributed by atoms with E-state index < -0.39 is 23.3 Å². The van der Waals surface area contributed by atoms with Crippen LogP contribution in [-0.4, -0.2) is 52.2 Å². The molecule has 1 aliphatic heterocycles. The zero-order valence-corrected chi connectivity index (χ0v) is 20.3. The van der Waals surface area contributed by atoms with E-state index in [1.807, 2.05) is 19.1 Å². The van der Waals surface area contributed by atoms with Crippen molar-refractivity contribution in [2.45, 2.75) is 64.4 Å². The Morgan fingerprint density at radius 2 is 1.97 bits per heavy atom. The minimum atomic E-state index is -4.40. The van der Waals surface area contributed by atoms with E-state index >= 15 is 0 Å². The molecule has 0 amide bonds. The van der Waals surface area contributed by atoms with Crippen LogP contribution in [0.2, 0.25) is 0 Å². The Morgan fingerprint density at radius 3 is 2.54 bits per heavy atom. The van der Waals surface area contributed by atoms with Crippen LogP contribution in [0.1, 0.15) is 49.8 Å². The van der Waals surface area contributed by atoms with Crippen molar-refractivity contribution in [1.82, 2.24) is 9.88 Å². The van der Waals surface area contributed by atoms with Crippen LogP contribution in [-0.2, 0) is 17.5 Å². The monoisotopic (exact) mass is 491 g/mol. The fraction of sp³-hybridized carbons (Fsp3) is 0.538. The lowest BCUT2D eigenvalue weighted by molar-refractivity contribution is -0.147. The number of piperazine rings is 1. The summed E-state index contributed by atoms with van der Waals surface area (Å²) < 4.78 is 44.7. The Hall–Kier alpha value is -2.81. The van der Waals surface area contributed by atoms with Gasteiger partial charge in [-0.05, 0) is 54.7 Å². The number of carboxylic acid groups (broad SMARTS) is 1. The van der Waals surface area contributed by atoms with E-state index in [0.717, 1.165) is 42.9 Å². The van der Waals surface area contributed by atoms with Gasteiger partial charge in [-0.3, -0.25) is 4.90 Å². The molecule has 0 bridgehead atoms. The van der Waals surface area contributed by atoms with Gasteiger partial charge in [-0.1, -0.05) is 19.9 Å². The number of pyridine rings is 1. The van der Waals surface area contributed by atoms with Gasteiger partial charge < -0.3 is 14.7 Å². The van der Waals surface area contributed by atoms with Gasteiger partial charge in [0.1, 0.15) is 11.6 Å². The minimum Gasteiger partial charge on any atom is -0.478 e. The first-order chi connectivity index (χ1) is 16.4. The van der Waals surface area contributed by atoms with Crippen molar-refractivity contribution in [2.24, 2.45) is 5.92 Å². The standard InChI is InChI=1S/C26H32F3N3O3/c1-17(2)10-21-16-31(8-9-32(21)23-5-4-20(14-30-23)26(27,28)29)15-19-11-18(3)12-22(13-19)35-25(6-7-25)24(33)34/h4-5,11-14,17,21H,6-10,15-16H2,1-3H3,(H,33,34)/t21-/m1/s1. The summed E-state index contributed by atoms with van der Waals surface area (Å²) in [5.74, 6) is 0.635. The van der Waals surface area contributed by atoms with Gasteiger partial charge >= 0.3 is 12.1 Å². The van der Waals surface area contributed by atoms with Crippen molar-refractivity contribution in [3.05, 3.63) is 53.2 Å². The lowest BCUT2D eigenvalue weighted by Crippen LogP contribution is -2.53. The number of hydrogen-bond acceptors (Lipinski definition) is 5. The van der Waals surface area contributed by atoms with Crippen molar-refractivity contribution in [2.75, 3.05) is 24.5 Å². The normalized spacial score (nSPS) is 20.2. The maximum Gasteiger partial charge on any atom is 0.417 e. The van der Waals surface area contributed by atoms with Crippen LogP contribution >= 0.6 is 0 Å². The smallest absolute Gasteiger partial charge is 0.417 e. The number of aliphatic carboxylic acids is 1. The average molecular weight is 492 g/mol. The lowest BCUT2D eigenvalue weighted by atomic mass is 9.99. The highest BCUT2D eigenvalue weighted by Crippen LogP contribution is 2.41. The highest BCUT2D eigenvalue weighted by atomic mass is 19.4. The number of hydrogen-bond donors (Lipinski definition) is 1. The largest absolute Gasteiger partial charge is 0.478 e. The van der Waals surface area contributed by atoms with Crippen LogP contribution in [0.3, 0.4) is 0 Å². The number of carboxylic acids is 1. The summed E-state index contributed by atoms with van der Waals surface area (Å²) in [7, 11) is 0. The topological polar surface area (TPSA) is 65.9 Å².